The van der Waals surface area contributed by atoms with Gasteiger partial charge in [0.05, 0.1) is 10.9 Å². The van der Waals surface area contributed by atoms with Crippen molar-refractivity contribution in [2.75, 3.05) is 0 Å². The van der Waals surface area contributed by atoms with Crippen LogP contribution in [0.4, 0.5) is 0 Å². The molecule has 27 heavy (non-hydrogen) atoms. The Morgan fingerprint density at radius 1 is 1.26 bits per heavy atom. The Hall–Kier alpha value is -0.786. The molecule has 1 N–H and O–H groups in total. The fourth-order valence-corrected chi connectivity index (χ4v) is 3.50. The van der Waals surface area contributed by atoms with Crippen LogP contribution in [0.5, 0.6) is 0 Å². The number of carbonyl (C=O) groups excluding carboxylic acids is 1. The van der Waals surface area contributed by atoms with Gasteiger partial charge in [-0.2, -0.15) is 0 Å². The van der Waals surface area contributed by atoms with Gasteiger partial charge in [0.2, 0.25) is 5.43 Å². The second-order valence-electron chi connectivity index (χ2n) is 5.51. The molecule has 0 atom stereocenters. The maximum atomic E-state index is 12.8. The number of nitrogens with zero attached hydrogens (tertiary/aromatic N) is 2. The third-order valence-corrected chi connectivity index (χ3v) is 4.75. The van der Waals surface area contributed by atoms with Crippen molar-refractivity contribution in [3.8, 4) is 0 Å². The van der Waals surface area contributed by atoms with Crippen LogP contribution in [0, 0.1) is 6.92 Å². The number of nitrogens with one attached hydrogen (secondary N) is 1. The van der Waals surface area contributed by atoms with E-state index in [-0.39, 0.29) is 56.5 Å². The first kappa shape index (κ1) is 22.5. The van der Waals surface area contributed by atoms with E-state index in [0.717, 1.165) is 5.56 Å². The average Bonchev–Trinajstić information content (AvgIpc) is 2.61. The van der Waals surface area contributed by atoms with E-state index < -0.39 is 11.3 Å². The summed E-state index contributed by atoms with van der Waals surface area (Å²) >= 11 is 15.2. The molecule has 137 valence electrons. The molecule has 0 unspecified atom stereocenters. The summed E-state index contributed by atoms with van der Waals surface area (Å²) in [5, 5.41) is 3.83. The molecular formula is C18H13BrCl2N3O2Y-. The number of fused-ring (bicyclic) bond motifs is 1. The zero-order valence-electron chi connectivity index (χ0n) is 14.0. The summed E-state index contributed by atoms with van der Waals surface area (Å²) in [6.07, 6.45) is 1.45. The Kier molecular flexibility index (Phi) is 8.01. The first-order valence-electron chi connectivity index (χ1n) is 7.61. The van der Waals surface area contributed by atoms with Crippen LogP contribution in [0.25, 0.3) is 10.9 Å². The fourth-order valence-electron chi connectivity index (χ4n) is 2.57. The molecular weight excluding hydrogens is 530 g/mol. The quantitative estimate of drug-likeness (QED) is 0.396. The molecule has 0 saturated heterocycles. The van der Waals surface area contributed by atoms with E-state index in [4.69, 9.17) is 23.2 Å². The molecule has 5 nitrogen and oxygen atoms in total. The smallest absolute Gasteiger partial charge is 0.257 e. The van der Waals surface area contributed by atoms with Crippen LogP contribution in [0.2, 0.25) is 10.2 Å². The first-order valence-corrected chi connectivity index (χ1v) is 9.16. The van der Waals surface area contributed by atoms with Gasteiger partial charge in [-0.05, 0) is 39.7 Å². The molecule has 0 bridgehead atoms. The largest absolute Gasteiger partial charge is 0.374 e. The van der Waals surface area contributed by atoms with Crippen LogP contribution in [0.1, 0.15) is 15.9 Å². The molecule has 0 spiro atoms. The van der Waals surface area contributed by atoms with E-state index in [1.54, 1.807) is 34.9 Å². The molecule has 1 radical (unpaired) electrons. The van der Waals surface area contributed by atoms with E-state index >= 15 is 0 Å². The van der Waals surface area contributed by atoms with Gasteiger partial charge in [-0.15, -0.1) is 6.54 Å². The van der Waals surface area contributed by atoms with Gasteiger partial charge in [-0.25, -0.2) is 4.98 Å². The number of halogens is 3. The molecule has 3 rings (SSSR count). The molecule has 0 saturated carbocycles. The molecule has 1 amide bonds. The fraction of sp³-hybridized carbons (Fsp3) is 0.111. The third-order valence-electron chi connectivity index (χ3n) is 3.83. The summed E-state index contributed by atoms with van der Waals surface area (Å²) in [7, 11) is 0. The van der Waals surface area contributed by atoms with Crippen LogP contribution in [0.3, 0.4) is 0 Å². The van der Waals surface area contributed by atoms with Gasteiger partial charge in [-0.3, -0.25) is 9.59 Å². The van der Waals surface area contributed by atoms with E-state index in [9.17, 15) is 9.59 Å². The van der Waals surface area contributed by atoms with E-state index in [2.05, 4.69) is 33.2 Å². The van der Waals surface area contributed by atoms with Gasteiger partial charge in [0.25, 0.3) is 5.91 Å². The monoisotopic (exact) mass is 541 g/mol. The van der Waals surface area contributed by atoms with Crippen LogP contribution >= 0.6 is 39.1 Å². The predicted octanol–water partition coefficient (Wildman–Crippen LogP) is 4.23. The number of rotatable bonds is 4. The Morgan fingerprint density at radius 3 is 2.56 bits per heavy atom. The van der Waals surface area contributed by atoms with Gasteiger partial charge in [0.1, 0.15) is 10.2 Å². The summed E-state index contributed by atoms with van der Waals surface area (Å²) in [4.78, 5) is 29.4. The van der Waals surface area contributed by atoms with E-state index in [0.29, 0.717) is 20.5 Å². The second-order valence-corrected chi connectivity index (χ2v) is 7.11. The van der Waals surface area contributed by atoms with Crippen molar-refractivity contribution in [3.63, 3.8) is 0 Å². The Bertz CT molecular complexity index is 1060. The molecule has 2 aromatic heterocycles. The van der Waals surface area contributed by atoms with Crippen LogP contribution in [0.15, 0.2) is 45.9 Å². The summed E-state index contributed by atoms with van der Waals surface area (Å²) < 4.78 is 2.05. The minimum Gasteiger partial charge on any atom is -0.374 e. The number of pyridine rings is 2. The van der Waals surface area contributed by atoms with Crippen molar-refractivity contribution in [1.29, 1.82) is 0 Å². The summed E-state index contributed by atoms with van der Waals surface area (Å²) in [6, 6.07) is 8.63. The molecule has 9 heteroatoms. The maximum absolute atomic E-state index is 12.8. The van der Waals surface area contributed by atoms with Crippen molar-refractivity contribution < 1.29 is 37.5 Å². The molecule has 0 aliphatic rings. The number of hydrogen-bond donors (Lipinski definition) is 1. The molecule has 2 heterocycles. The normalized spacial score (nSPS) is 10.5. The number of aromatic nitrogens is 2. The van der Waals surface area contributed by atoms with Crippen molar-refractivity contribution in [2.24, 2.45) is 0 Å². The second kappa shape index (κ2) is 9.61. The van der Waals surface area contributed by atoms with Crippen molar-refractivity contribution >= 4 is 55.9 Å². The van der Waals surface area contributed by atoms with E-state index in [1.807, 2.05) is 0 Å². The minimum absolute atomic E-state index is 0. The Labute approximate surface area is 199 Å². The van der Waals surface area contributed by atoms with Gasteiger partial charge >= 0.3 is 0 Å². The van der Waals surface area contributed by atoms with Gasteiger partial charge < -0.3 is 16.8 Å². The molecule has 0 aliphatic heterocycles. The van der Waals surface area contributed by atoms with Gasteiger partial charge in [0.15, 0.2) is 5.15 Å². The van der Waals surface area contributed by atoms with Crippen molar-refractivity contribution in [1.82, 2.24) is 14.9 Å². The summed E-state index contributed by atoms with van der Waals surface area (Å²) in [5.41, 5.74) is 0.924. The zero-order chi connectivity index (χ0) is 18.8. The number of hydrogen-bond acceptors (Lipinski definition) is 3. The van der Waals surface area contributed by atoms with Gasteiger partial charge in [0, 0.05) is 50.5 Å². The van der Waals surface area contributed by atoms with Crippen LogP contribution in [-0.2, 0) is 45.8 Å². The number of benzene rings is 1. The van der Waals surface area contributed by atoms with Gasteiger partial charge in [-0.1, -0.05) is 35.3 Å². The Morgan fingerprint density at radius 2 is 1.93 bits per heavy atom. The molecule has 1 aromatic carbocycles. The Balaban J connectivity index is 0.00000261. The van der Waals surface area contributed by atoms with Crippen LogP contribution in [-0.4, -0.2) is 15.5 Å². The van der Waals surface area contributed by atoms with Crippen molar-refractivity contribution in [2.45, 2.75) is 13.1 Å². The summed E-state index contributed by atoms with van der Waals surface area (Å²) in [6.45, 7) is 4.39. The summed E-state index contributed by atoms with van der Waals surface area (Å²) in [5.74, 6) is -0.474. The minimum atomic E-state index is -0.474. The van der Waals surface area contributed by atoms with E-state index in [1.165, 1.54) is 6.20 Å². The molecule has 0 fully saturated rings. The number of carbonyl (C=O) groups is 1. The zero-order valence-corrected chi connectivity index (χ0v) is 19.9. The average molecular weight is 543 g/mol. The number of amides is 1. The molecule has 3 aromatic rings. The third kappa shape index (κ3) is 4.98. The topological polar surface area (TPSA) is 64.0 Å². The maximum Gasteiger partial charge on any atom is 0.257 e. The first-order chi connectivity index (χ1) is 12.4. The SMILES string of the molecule is [CH2-]Cn1cc(C(=O)NCc2ccc(Cl)cc2)c(=O)c2cc(Br)nc(Cl)c21.[Y]. The van der Waals surface area contributed by atoms with Crippen LogP contribution < -0.4 is 10.7 Å². The standard InChI is InChI=1S/C18H13BrCl2N3O2.Y/c1-2-24-9-13(16(25)12-7-14(19)23-17(21)15(12)24)18(26)22-8-10-3-5-11(20)6-4-10;/h3-7,9H,1-2,8H2,(H,22,26);/q-1;. The predicted molar refractivity (Wildman–Crippen MR) is 107 cm³/mol. The van der Waals surface area contributed by atoms with Crippen molar-refractivity contribution in [3.05, 3.63) is 79.6 Å². The molecule has 0 aliphatic carbocycles.